The molecule has 1 fully saturated rings. The van der Waals surface area contributed by atoms with Crippen LogP contribution < -0.4 is 0 Å². The highest BCUT2D eigenvalue weighted by atomic mass is 35.5. The van der Waals surface area contributed by atoms with Gasteiger partial charge in [-0.25, -0.2) is 4.79 Å². The van der Waals surface area contributed by atoms with Crippen LogP contribution in [0.3, 0.4) is 0 Å². The zero-order valence-electron chi connectivity index (χ0n) is 16.1. The zero-order chi connectivity index (χ0) is 20.2. The van der Waals surface area contributed by atoms with Crippen LogP contribution >= 0.6 is 11.6 Å². The van der Waals surface area contributed by atoms with Gasteiger partial charge in [-0.05, 0) is 54.8 Å². The average molecular weight is 407 g/mol. The van der Waals surface area contributed by atoms with Crippen molar-refractivity contribution in [1.82, 2.24) is 9.88 Å². The second-order valence-corrected chi connectivity index (χ2v) is 7.89. The van der Waals surface area contributed by atoms with E-state index in [1.807, 2.05) is 54.6 Å². The van der Waals surface area contributed by atoms with Gasteiger partial charge in [0.2, 0.25) is 0 Å². The van der Waals surface area contributed by atoms with Crippen LogP contribution in [0.1, 0.15) is 51.8 Å². The van der Waals surface area contributed by atoms with Crippen molar-refractivity contribution in [3.8, 4) is 0 Å². The summed E-state index contributed by atoms with van der Waals surface area (Å²) in [6, 6.07) is 21.6. The molecule has 0 radical (unpaired) electrons. The standard InChI is InChI=1S/C24H23ClN2O2/c25-19-9-4-8-18(14-19)16-27-13-5-10-23(27)21-12-11-20(24(28)29)22(26-21)15-17-6-2-1-3-7-17/h1-4,6-9,11-12,14,23H,5,10,13,15-16H2,(H,28,29). The molecule has 1 saturated heterocycles. The van der Waals surface area contributed by atoms with Crippen LogP contribution in [-0.2, 0) is 13.0 Å². The number of aromatic carboxylic acids is 1. The van der Waals surface area contributed by atoms with E-state index in [9.17, 15) is 9.90 Å². The number of carboxylic acid groups (broad SMARTS) is 1. The monoisotopic (exact) mass is 406 g/mol. The lowest BCUT2D eigenvalue weighted by atomic mass is 10.0. The molecule has 0 aliphatic carbocycles. The molecule has 2 aromatic carbocycles. The summed E-state index contributed by atoms with van der Waals surface area (Å²) in [6.07, 6.45) is 2.63. The number of pyridine rings is 1. The van der Waals surface area contributed by atoms with Crippen LogP contribution in [0, 0.1) is 0 Å². The van der Waals surface area contributed by atoms with Gasteiger partial charge in [0, 0.05) is 18.0 Å². The van der Waals surface area contributed by atoms with Gasteiger partial charge in [-0.15, -0.1) is 0 Å². The molecule has 4 nitrogen and oxygen atoms in total. The Morgan fingerprint density at radius 2 is 1.86 bits per heavy atom. The molecule has 1 aromatic heterocycles. The van der Waals surface area contributed by atoms with Crippen LogP contribution in [-0.4, -0.2) is 27.5 Å². The molecule has 29 heavy (non-hydrogen) atoms. The first-order chi connectivity index (χ1) is 14.1. The fourth-order valence-corrected chi connectivity index (χ4v) is 4.26. The lowest BCUT2D eigenvalue weighted by Crippen LogP contribution is -2.24. The van der Waals surface area contributed by atoms with Crippen molar-refractivity contribution in [2.75, 3.05) is 6.54 Å². The largest absolute Gasteiger partial charge is 0.478 e. The van der Waals surface area contributed by atoms with Crippen LogP contribution in [0.25, 0.3) is 0 Å². The Kier molecular flexibility index (Phi) is 5.93. The molecular formula is C24H23ClN2O2. The van der Waals surface area contributed by atoms with Crippen molar-refractivity contribution in [2.45, 2.75) is 31.8 Å². The molecule has 1 unspecified atom stereocenters. The fraction of sp³-hybridized carbons (Fsp3) is 0.250. The average Bonchev–Trinajstić information content (AvgIpc) is 3.16. The summed E-state index contributed by atoms with van der Waals surface area (Å²) in [5, 5.41) is 10.4. The number of rotatable bonds is 6. The number of carbonyl (C=O) groups is 1. The van der Waals surface area contributed by atoms with Crippen molar-refractivity contribution in [3.63, 3.8) is 0 Å². The molecule has 3 aromatic rings. The highest BCUT2D eigenvalue weighted by molar-refractivity contribution is 6.30. The highest BCUT2D eigenvalue weighted by Gasteiger charge is 2.28. The number of benzene rings is 2. The van der Waals surface area contributed by atoms with Gasteiger partial charge in [0.1, 0.15) is 0 Å². The number of hydrogen-bond donors (Lipinski definition) is 1. The van der Waals surface area contributed by atoms with Crippen LogP contribution in [0.5, 0.6) is 0 Å². The fourth-order valence-electron chi connectivity index (χ4n) is 4.04. The first-order valence-electron chi connectivity index (χ1n) is 9.85. The summed E-state index contributed by atoms with van der Waals surface area (Å²) < 4.78 is 0. The van der Waals surface area contributed by atoms with Crippen LogP contribution in [0.4, 0.5) is 0 Å². The van der Waals surface area contributed by atoms with Crippen molar-refractivity contribution in [3.05, 3.63) is 99.8 Å². The summed E-state index contributed by atoms with van der Waals surface area (Å²) in [6.45, 7) is 1.80. The number of carboxylic acids is 1. The van der Waals surface area contributed by atoms with Gasteiger partial charge in [0.05, 0.1) is 23.0 Å². The van der Waals surface area contributed by atoms with Crippen molar-refractivity contribution in [1.29, 1.82) is 0 Å². The zero-order valence-corrected chi connectivity index (χ0v) is 16.8. The van der Waals surface area contributed by atoms with Gasteiger partial charge >= 0.3 is 5.97 Å². The van der Waals surface area contributed by atoms with E-state index in [4.69, 9.17) is 16.6 Å². The molecule has 0 saturated carbocycles. The van der Waals surface area contributed by atoms with Crippen LogP contribution in [0.15, 0.2) is 66.7 Å². The van der Waals surface area contributed by atoms with Gasteiger partial charge < -0.3 is 5.11 Å². The lowest BCUT2D eigenvalue weighted by molar-refractivity contribution is 0.0695. The molecule has 2 heterocycles. The minimum Gasteiger partial charge on any atom is -0.478 e. The SMILES string of the molecule is O=C(O)c1ccc(C2CCCN2Cc2cccc(Cl)c2)nc1Cc1ccccc1. The third-order valence-corrected chi connectivity index (χ3v) is 5.66. The predicted octanol–water partition coefficient (Wildman–Crippen LogP) is 5.36. The molecule has 1 atom stereocenters. The molecule has 148 valence electrons. The van der Waals surface area contributed by atoms with Gasteiger partial charge in [-0.2, -0.15) is 0 Å². The molecule has 0 bridgehead atoms. The molecule has 5 heteroatoms. The quantitative estimate of drug-likeness (QED) is 0.598. The number of halogens is 1. The van der Waals surface area contributed by atoms with Gasteiger partial charge in [0.25, 0.3) is 0 Å². The van der Waals surface area contributed by atoms with E-state index >= 15 is 0 Å². The minimum atomic E-state index is -0.933. The Labute approximate surface area is 175 Å². The summed E-state index contributed by atoms with van der Waals surface area (Å²) in [4.78, 5) is 19.0. The third-order valence-electron chi connectivity index (χ3n) is 5.42. The second kappa shape index (κ2) is 8.76. The maximum Gasteiger partial charge on any atom is 0.337 e. The van der Waals surface area contributed by atoms with Crippen LogP contribution in [0.2, 0.25) is 5.02 Å². The van der Waals surface area contributed by atoms with E-state index in [0.717, 1.165) is 42.2 Å². The summed E-state index contributed by atoms with van der Waals surface area (Å²) in [7, 11) is 0. The first-order valence-corrected chi connectivity index (χ1v) is 10.2. The highest BCUT2D eigenvalue weighted by Crippen LogP contribution is 2.33. The summed E-state index contributed by atoms with van der Waals surface area (Å²) in [5.74, 6) is -0.933. The number of hydrogen-bond acceptors (Lipinski definition) is 3. The Balaban J connectivity index is 1.61. The molecule has 0 amide bonds. The lowest BCUT2D eigenvalue weighted by Gasteiger charge is -2.25. The van der Waals surface area contributed by atoms with E-state index in [0.29, 0.717) is 12.1 Å². The number of likely N-dealkylation sites (tertiary alicyclic amines) is 1. The first kappa shape index (κ1) is 19.6. The summed E-state index contributed by atoms with van der Waals surface area (Å²) >= 11 is 6.14. The molecular weight excluding hydrogens is 384 g/mol. The Morgan fingerprint density at radius 1 is 1.07 bits per heavy atom. The van der Waals surface area contributed by atoms with Crippen molar-refractivity contribution >= 4 is 17.6 Å². The Hall–Kier alpha value is -2.69. The number of nitrogens with zero attached hydrogens (tertiary/aromatic N) is 2. The molecule has 1 aliphatic rings. The molecule has 4 rings (SSSR count). The maximum atomic E-state index is 11.7. The van der Waals surface area contributed by atoms with E-state index in [2.05, 4.69) is 11.0 Å². The van der Waals surface area contributed by atoms with Crippen molar-refractivity contribution < 1.29 is 9.90 Å². The third kappa shape index (κ3) is 4.66. The normalized spacial score (nSPS) is 16.8. The molecule has 0 spiro atoms. The van der Waals surface area contributed by atoms with E-state index in [1.165, 1.54) is 5.56 Å². The smallest absolute Gasteiger partial charge is 0.337 e. The van der Waals surface area contributed by atoms with Gasteiger partial charge in [0.15, 0.2) is 0 Å². The summed E-state index contributed by atoms with van der Waals surface area (Å²) in [5.41, 5.74) is 4.08. The van der Waals surface area contributed by atoms with E-state index in [1.54, 1.807) is 6.07 Å². The Bertz CT molecular complexity index is 1010. The van der Waals surface area contributed by atoms with Gasteiger partial charge in [-0.1, -0.05) is 54.1 Å². The minimum absolute atomic E-state index is 0.186. The predicted molar refractivity (Wildman–Crippen MR) is 114 cm³/mol. The Morgan fingerprint density at radius 3 is 2.62 bits per heavy atom. The van der Waals surface area contributed by atoms with E-state index < -0.39 is 5.97 Å². The van der Waals surface area contributed by atoms with Gasteiger partial charge in [-0.3, -0.25) is 9.88 Å². The molecule has 1 N–H and O–H groups in total. The molecule has 1 aliphatic heterocycles. The van der Waals surface area contributed by atoms with Crippen molar-refractivity contribution in [2.24, 2.45) is 0 Å². The topological polar surface area (TPSA) is 53.4 Å². The second-order valence-electron chi connectivity index (χ2n) is 7.46. The maximum absolute atomic E-state index is 11.7. The van der Waals surface area contributed by atoms with E-state index in [-0.39, 0.29) is 11.6 Å². The number of aromatic nitrogens is 1.